The Morgan fingerprint density at radius 2 is 1.89 bits per heavy atom. The van der Waals surface area contributed by atoms with Crippen LogP contribution in [0.2, 0.25) is 0 Å². The number of primary amides is 1. The largest absolute Gasteiger partial charge is 0.368 e. The second-order valence-electron chi connectivity index (χ2n) is 8.01. The number of benzene rings is 1. The lowest BCUT2D eigenvalue weighted by Crippen LogP contribution is -2.49. The monoisotopic (exact) mass is 500 g/mol. The minimum absolute atomic E-state index is 0.0613. The van der Waals surface area contributed by atoms with E-state index in [1.165, 1.54) is 30.1 Å². The van der Waals surface area contributed by atoms with Gasteiger partial charge in [-0.15, -0.1) is 0 Å². The Labute approximate surface area is 206 Å². The fraction of sp³-hybridized carbons (Fsp3) is 0.348. The van der Waals surface area contributed by atoms with Crippen LogP contribution in [-0.4, -0.2) is 86.4 Å². The Morgan fingerprint density at radius 3 is 2.54 bits per heavy atom. The number of aromatic nitrogens is 1. The summed E-state index contributed by atoms with van der Waals surface area (Å²) >= 11 is 1.37. The van der Waals surface area contributed by atoms with E-state index in [4.69, 9.17) is 17.2 Å². The number of ketones is 1. The summed E-state index contributed by atoms with van der Waals surface area (Å²) in [7, 11) is 0. The fourth-order valence-electron chi connectivity index (χ4n) is 3.84. The van der Waals surface area contributed by atoms with Crippen molar-refractivity contribution in [2.24, 2.45) is 17.2 Å². The second-order valence-corrected chi connectivity index (χ2v) is 9.16. The van der Waals surface area contributed by atoms with Gasteiger partial charge in [0.25, 0.3) is 11.8 Å². The Morgan fingerprint density at radius 1 is 1.17 bits per heavy atom. The average Bonchev–Trinajstić information content (AvgIpc) is 3.33. The van der Waals surface area contributed by atoms with Gasteiger partial charge in [-0.05, 0) is 12.1 Å². The molecule has 1 aromatic heterocycles. The Balaban J connectivity index is 1.82. The smallest absolute Gasteiger partial charge is 0.273 e. The molecule has 1 saturated heterocycles. The van der Waals surface area contributed by atoms with E-state index in [0.717, 1.165) is 4.90 Å². The van der Waals surface area contributed by atoms with E-state index in [0.29, 0.717) is 22.9 Å². The van der Waals surface area contributed by atoms with Gasteiger partial charge in [-0.1, -0.05) is 30.3 Å². The lowest BCUT2D eigenvalue weighted by molar-refractivity contribution is -0.175. The van der Waals surface area contributed by atoms with E-state index in [-0.39, 0.29) is 30.0 Å². The van der Waals surface area contributed by atoms with E-state index >= 15 is 0 Å². The second kappa shape index (κ2) is 11.9. The molecule has 1 aromatic carbocycles. The van der Waals surface area contributed by atoms with Gasteiger partial charge >= 0.3 is 0 Å². The molecule has 3 amide bonds. The molecule has 11 nitrogen and oxygen atoms in total. The zero-order chi connectivity index (χ0) is 25.5. The van der Waals surface area contributed by atoms with Crippen molar-refractivity contribution in [1.82, 2.24) is 14.9 Å². The lowest BCUT2D eigenvalue weighted by atomic mass is 10.0. The highest BCUT2D eigenvalue weighted by molar-refractivity contribution is 7.99. The molecule has 0 radical (unpaired) electrons. The molecular formula is C23H28N6O5S. The van der Waals surface area contributed by atoms with Crippen molar-refractivity contribution < 1.29 is 24.4 Å². The third-order valence-corrected chi connectivity index (χ3v) is 6.73. The van der Waals surface area contributed by atoms with Crippen molar-refractivity contribution in [3.8, 4) is 0 Å². The number of nitrogens with zero attached hydrogens (tertiary/aromatic N) is 3. The van der Waals surface area contributed by atoms with Crippen molar-refractivity contribution in [3.63, 3.8) is 0 Å². The molecule has 0 bridgehead atoms. The number of hydrogen-bond acceptors (Lipinski definition) is 9. The topological polar surface area (TPSA) is 186 Å². The maximum atomic E-state index is 13.4. The molecular weight excluding hydrogens is 472 g/mol. The summed E-state index contributed by atoms with van der Waals surface area (Å²) in [5, 5.41) is 11.0. The van der Waals surface area contributed by atoms with Crippen LogP contribution in [0, 0.1) is 0 Å². The number of hydroxylamine groups is 2. The molecule has 0 saturated carbocycles. The van der Waals surface area contributed by atoms with Crippen LogP contribution in [-0.2, 0) is 9.59 Å². The molecule has 1 aliphatic heterocycles. The molecule has 1 aliphatic rings. The highest BCUT2D eigenvalue weighted by atomic mass is 32.2. The molecule has 2 heterocycles. The van der Waals surface area contributed by atoms with Crippen LogP contribution >= 0.6 is 11.8 Å². The molecule has 0 spiro atoms. The van der Waals surface area contributed by atoms with E-state index in [9.17, 15) is 24.4 Å². The summed E-state index contributed by atoms with van der Waals surface area (Å²) in [6.45, 7) is 0.240. The van der Waals surface area contributed by atoms with Gasteiger partial charge in [-0.2, -0.15) is 11.8 Å². The predicted octanol–water partition coefficient (Wildman–Crippen LogP) is -0.382. The summed E-state index contributed by atoms with van der Waals surface area (Å²) in [6.07, 6.45) is 1.28. The number of pyridine rings is 1. The van der Waals surface area contributed by atoms with E-state index in [1.807, 2.05) is 0 Å². The highest BCUT2D eigenvalue weighted by Gasteiger charge is 2.44. The molecule has 3 atom stereocenters. The number of nitrogens with two attached hydrogens (primary N) is 3. The minimum Gasteiger partial charge on any atom is -0.368 e. The maximum absolute atomic E-state index is 13.4. The molecule has 1 fully saturated rings. The van der Waals surface area contributed by atoms with Gasteiger partial charge in [0.15, 0.2) is 5.78 Å². The van der Waals surface area contributed by atoms with Gasteiger partial charge in [0.05, 0.1) is 17.6 Å². The molecule has 0 aliphatic carbocycles. The lowest BCUT2D eigenvalue weighted by Gasteiger charge is -2.25. The first-order chi connectivity index (χ1) is 16.8. The van der Waals surface area contributed by atoms with Gasteiger partial charge in [0, 0.05) is 42.8 Å². The van der Waals surface area contributed by atoms with Crippen LogP contribution in [0.25, 0.3) is 0 Å². The minimum atomic E-state index is -1.11. The van der Waals surface area contributed by atoms with Crippen LogP contribution in [0.4, 0.5) is 0 Å². The summed E-state index contributed by atoms with van der Waals surface area (Å²) in [6, 6.07) is 8.39. The van der Waals surface area contributed by atoms with Gasteiger partial charge in [0.2, 0.25) is 5.91 Å². The zero-order valence-electron chi connectivity index (χ0n) is 18.9. The number of thioether (sulfide) groups is 1. The summed E-state index contributed by atoms with van der Waals surface area (Å²) < 4.78 is 0. The Kier molecular flexibility index (Phi) is 8.93. The molecule has 3 rings (SSSR count). The van der Waals surface area contributed by atoms with Crippen LogP contribution < -0.4 is 17.2 Å². The molecule has 186 valence electrons. The van der Waals surface area contributed by atoms with Crippen LogP contribution in [0.1, 0.15) is 32.8 Å². The van der Waals surface area contributed by atoms with Crippen LogP contribution in [0.5, 0.6) is 0 Å². The van der Waals surface area contributed by atoms with Crippen molar-refractivity contribution in [1.29, 1.82) is 0 Å². The van der Waals surface area contributed by atoms with Crippen LogP contribution in [0.15, 0.2) is 48.7 Å². The normalized spacial score (nSPS) is 18.2. The maximum Gasteiger partial charge on any atom is 0.273 e. The first kappa shape index (κ1) is 26.3. The third-order valence-electron chi connectivity index (χ3n) is 5.61. The van der Waals surface area contributed by atoms with Gasteiger partial charge in [0.1, 0.15) is 11.7 Å². The summed E-state index contributed by atoms with van der Waals surface area (Å²) in [4.78, 5) is 56.4. The molecule has 2 aromatic rings. The average molecular weight is 501 g/mol. The van der Waals surface area contributed by atoms with Gasteiger partial charge in [-0.3, -0.25) is 29.4 Å². The number of carbonyl (C=O) groups is 4. The molecule has 7 N–H and O–H groups in total. The third kappa shape index (κ3) is 6.03. The van der Waals surface area contributed by atoms with Gasteiger partial charge in [-0.25, -0.2) is 5.06 Å². The molecule has 0 unspecified atom stereocenters. The Hall–Kier alpha value is -3.32. The summed E-state index contributed by atoms with van der Waals surface area (Å²) in [5.74, 6) is -1.81. The first-order valence-electron chi connectivity index (χ1n) is 11.0. The Bertz CT molecular complexity index is 1090. The van der Waals surface area contributed by atoms with Crippen molar-refractivity contribution in [2.75, 3.05) is 24.6 Å². The zero-order valence-corrected chi connectivity index (χ0v) is 19.8. The predicted molar refractivity (Wildman–Crippen MR) is 130 cm³/mol. The van der Waals surface area contributed by atoms with E-state index in [1.54, 1.807) is 30.3 Å². The number of rotatable bonds is 10. The molecule has 12 heteroatoms. The van der Waals surface area contributed by atoms with E-state index < -0.39 is 41.6 Å². The number of amides is 3. The summed E-state index contributed by atoms with van der Waals surface area (Å²) in [5.41, 5.74) is 17.1. The standard InChI is InChI=1S/C23H28N6O5S/c24-8-10-35-13-17(25)22(32)29(34)15-11-18(21(26)31)28(12-15)23(33)19-16(7-4-9-27-19)20(30)14-5-2-1-3-6-14/h1-7,9,15,17-18,34H,8,10-13,24-25H2,(H2,26,31)/t15-,17-,18-/m0/s1. The van der Waals surface area contributed by atoms with Crippen molar-refractivity contribution in [3.05, 3.63) is 65.5 Å². The first-order valence-corrected chi connectivity index (χ1v) is 12.1. The SMILES string of the molecule is NCCSC[C@H](N)C(=O)N(O)[C@H]1C[C@@H](C(N)=O)N(C(=O)c2ncccc2C(=O)c2ccccc2)C1. The van der Waals surface area contributed by atoms with Crippen molar-refractivity contribution in [2.45, 2.75) is 24.5 Å². The van der Waals surface area contributed by atoms with Crippen molar-refractivity contribution >= 4 is 35.3 Å². The highest BCUT2D eigenvalue weighted by Crippen LogP contribution is 2.25. The quantitative estimate of drug-likeness (QED) is 0.146. The molecule has 35 heavy (non-hydrogen) atoms. The van der Waals surface area contributed by atoms with E-state index in [2.05, 4.69) is 4.98 Å². The van der Waals surface area contributed by atoms with Gasteiger partial charge < -0.3 is 22.1 Å². The van der Waals surface area contributed by atoms with Crippen LogP contribution in [0.3, 0.4) is 0 Å². The fourth-order valence-corrected chi connectivity index (χ4v) is 4.57. The number of hydrogen-bond donors (Lipinski definition) is 4. The number of likely N-dealkylation sites (tertiary alicyclic amines) is 1. The number of carbonyl (C=O) groups excluding carboxylic acids is 4.